The first-order valence-corrected chi connectivity index (χ1v) is 10.1. The SMILES string of the molecule is C=CCn1c(SCC(=O)NC2CCCCCC2)nnc1-c1ccccn1. The van der Waals surface area contributed by atoms with E-state index in [4.69, 9.17) is 0 Å². The lowest BCUT2D eigenvalue weighted by Crippen LogP contribution is -2.35. The molecule has 0 unspecified atom stereocenters. The maximum absolute atomic E-state index is 12.3. The fraction of sp³-hybridized carbons (Fsp3) is 0.474. The van der Waals surface area contributed by atoms with Gasteiger partial charge in [0.05, 0.1) is 5.75 Å². The third-order valence-corrected chi connectivity index (χ3v) is 5.44. The summed E-state index contributed by atoms with van der Waals surface area (Å²) < 4.78 is 1.94. The van der Waals surface area contributed by atoms with Gasteiger partial charge in [-0.25, -0.2) is 0 Å². The third kappa shape index (κ3) is 4.94. The predicted molar refractivity (Wildman–Crippen MR) is 104 cm³/mol. The van der Waals surface area contributed by atoms with Gasteiger partial charge in [-0.2, -0.15) is 0 Å². The molecule has 2 aromatic rings. The molecule has 1 aliphatic rings. The number of hydrogen-bond donors (Lipinski definition) is 1. The Morgan fingerprint density at radius 3 is 2.77 bits per heavy atom. The molecule has 26 heavy (non-hydrogen) atoms. The Bertz CT molecular complexity index is 723. The van der Waals surface area contributed by atoms with E-state index in [-0.39, 0.29) is 5.91 Å². The van der Waals surface area contributed by atoms with Gasteiger partial charge in [-0.15, -0.1) is 16.8 Å². The lowest BCUT2D eigenvalue weighted by Gasteiger charge is -2.16. The molecule has 1 fully saturated rings. The number of allylic oxidation sites excluding steroid dienone is 1. The Morgan fingerprint density at radius 1 is 1.27 bits per heavy atom. The predicted octanol–water partition coefficient (Wildman–Crippen LogP) is 3.46. The molecule has 1 saturated carbocycles. The van der Waals surface area contributed by atoms with E-state index in [1.807, 2.05) is 22.8 Å². The van der Waals surface area contributed by atoms with Crippen molar-refractivity contribution < 1.29 is 4.79 Å². The number of pyridine rings is 1. The van der Waals surface area contributed by atoms with Crippen LogP contribution in [0.2, 0.25) is 0 Å². The number of hydrogen-bond acceptors (Lipinski definition) is 5. The molecular weight excluding hydrogens is 346 g/mol. The van der Waals surface area contributed by atoms with Crippen LogP contribution in [0, 0.1) is 0 Å². The number of nitrogens with one attached hydrogen (secondary N) is 1. The van der Waals surface area contributed by atoms with Crippen LogP contribution in [0.15, 0.2) is 42.2 Å². The molecule has 0 aliphatic heterocycles. The number of rotatable bonds is 7. The van der Waals surface area contributed by atoms with Crippen molar-refractivity contribution in [3.63, 3.8) is 0 Å². The van der Waals surface area contributed by atoms with E-state index < -0.39 is 0 Å². The van der Waals surface area contributed by atoms with Gasteiger partial charge in [0.15, 0.2) is 11.0 Å². The molecule has 2 heterocycles. The molecule has 1 aliphatic carbocycles. The summed E-state index contributed by atoms with van der Waals surface area (Å²) in [7, 11) is 0. The molecule has 0 saturated heterocycles. The number of nitrogens with zero attached hydrogens (tertiary/aromatic N) is 4. The van der Waals surface area contributed by atoms with Crippen LogP contribution < -0.4 is 5.32 Å². The van der Waals surface area contributed by atoms with Gasteiger partial charge in [-0.1, -0.05) is 49.6 Å². The second-order valence-corrected chi connectivity index (χ2v) is 7.41. The molecule has 0 atom stereocenters. The maximum Gasteiger partial charge on any atom is 0.230 e. The van der Waals surface area contributed by atoms with Crippen molar-refractivity contribution in [2.75, 3.05) is 5.75 Å². The average molecular weight is 372 g/mol. The highest BCUT2D eigenvalue weighted by Crippen LogP contribution is 2.23. The van der Waals surface area contributed by atoms with Gasteiger partial charge in [0.1, 0.15) is 5.69 Å². The van der Waals surface area contributed by atoms with Crippen LogP contribution in [0.1, 0.15) is 38.5 Å². The Kier molecular flexibility index (Phi) is 6.82. The van der Waals surface area contributed by atoms with E-state index in [2.05, 4.69) is 27.1 Å². The number of thioether (sulfide) groups is 1. The highest BCUT2D eigenvalue weighted by Gasteiger charge is 2.18. The second-order valence-electron chi connectivity index (χ2n) is 6.47. The van der Waals surface area contributed by atoms with Crippen LogP contribution in [-0.4, -0.2) is 37.5 Å². The molecule has 2 aromatic heterocycles. The summed E-state index contributed by atoms with van der Waals surface area (Å²) >= 11 is 1.41. The summed E-state index contributed by atoms with van der Waals surface area (Å²) in [5.74, 6) is 1.10. The van der Waals surface area contributed by atoms with E-state index in [1.54, 1.807) is 12.3 Å². The zero-order chi connectivity index (χ0) is 18.2. The molecule has 3 rings (SSSR count). The Morgan fingerprint density at radius 2 is 2.08 bits per heavy atom. The van der Waals surface area contributed by atoms with Gasteiger partial charge in [0.25, 0.3) is 0 Å². The van der Waals surface area contributed by atoms with Gasteiger partial charge < -0.3 is 5.32 Å². The van der Waals surface area contributed by atoms with E-state index in [0.717, 1.165) is 18.5 Å². The minimum absolute atomic E-state index is 0.0643. The zero-order valence-corrected chi connectivity index (χ0v) is 15.7. The quantitative estimate of drug-likeness (QED) is 0.458. The van der Waals surface area contributed by atoms with Crippen molar-refractivity contribution in [3.8, 4) is 11.5 Å². The largest absolute Gasteiger partial charge is 0.353 e. The van der Waals surface area contributed by atoms with E-state index in [9.17, 15) is 4.79 Å². The molecule has 7 heteroatoms. The Labute approximate surface area is 158 Å². The van der Waals surface area contributed by atoms with Crippen LogP contribution in [0.5, 0.6) is 0 Å². The van der Waals surface area contributed by atoms with Crippen molar-refractivity contribution in [2.24, 2.45) is 0 Å². The van der Waals surface area contributed by atoms with Gasteiger partial charge >= 0.3 is 0 Å². The number of amides is 1. The topological polar surface area (TPSA) is 72.7 Å². The average Bonchev–Trinajstić information content (AvgIpc) is 2.88. The number of carbonyl (C=O) groups excluding carboxylic acids is 1. The molecule has 0 aromatic carbocycles. The van der Waals surface area contributed by atoms with Crippen molar-refractivity contribution in [1.82, 2.24) is 25.1 Å². The third-order valence-electron chi connectivity index (χ3n) is 4.48. The molecular formula is C19H25N5OS. The maximum atomic E-state index is 12.3. The van der Waals surface area contributed by atoms with Crippen molar-refractivity contribution in [2.45, 2.75) is 56.3 Å². The zero-order valence-electron chi connectivity index (χ0n) is 14.9. The summed E-state index contributed by atoms with van der Waals surface area (Å²) in [4.78, 5) is 16.7. The molecule has 1 N–H and O–H groups in total. The molecule has 1 amide bonds. The van der Waals surface area contributed by atoms with Crippen LogP contribution in [0.3, 0.4) is 0 Å². The first-order chi connectivity index (χ1) is 12.8. The minimum atomic E-state index is 0.0643. The summed E-state index contributed by atoms with van der Waals surface area (Å²) in [6.45, 7) is 4.38. The smallest absolute Gasteiger partial charge is 0.230 e. The number of aromatic nitrogens is 4. The first-order valence-electron chi connectivity index (χ1n) is 9.15. The van der Waals surface area contributed by atoms with E-state index >= 15 is 0 Å². The first kappa shape index (κ1) is 18.6. The molecule has 6 nitrogen and oxygen atoms in total. The van der Waals surface area contributed by atoms with Crippen molar-refractivity contribution in [3.05, 3.63) is 37.1 Å². The molecule has 0 spiro atoms. The Hall–Kier alpha value is -2.15. The van der Waals surface area contributed by atoms with E-state index in [0.29, 0.717) is 29.3 Å². The van der Waals surface area contributed by atoms with Gasteiger partial charge in [0.2, 0.25) is 5.91 Å². The van der Waals surface area contributed by atoms with Crippen molar-refractivity contribution in [1.29, 1.82) is 0 Å². The minimum Gasteiger partial charge on any atom is -0.353 e. The lowest BCUT2D eigenvalue weighted by atomic mass is 10.1. The Balaban J connectivity index is 1.63. The van der Waals surface area contributed by atoms with E-state index in [1.165, 1.54) is 37.4 Å². The highest BCUT2D eigenvalue weighted by molar-refractivity contribution is 7.99. The standard InChI is InChI=1S/C19H25N5OS/c1-2-13-24-18(16-11-7-8-12-20-16)22-23-19(24)26-14-17(25)21-15-9-5-3-4-6-10-15/h2,7-8,11-12,15H,1,3-6,9-10,13-14H2,(H,21,25). The number of carbonyl (C=O) groups is 1. The second kappa shape index (κ2) is 9.52. The van der Waals surface area contributed by atoms with Crippen molar-refractivity contribution >= 4 is 17.7 Å². The molecule has 0 bridgehead atoms. The fourth-order valence-electron chi connectivity index (χ4n) is 3.20. The van der Waals surface area contributed by atoms with Crippen LogP contribution in [0.25, 0.3) is 11.5 Å². The van der Waals surface area contributed by atoms with Gasteiger partial charge in [-0.3, -0.25) is 14.3 Å². The highest BCUT2D eigenvalue weighted by atomic mass is 32.2. The molecule has 0 radical (unpaired) electrons. The van der Waals surface area contributed by atoms with Crippen LogP contribution in [0.4, 0.5) is 0 Å². The lowest BCUT2D eigenvalue weighted by molar-refractivity contribution is -0.119. The van der Waals surface area contributed by atoms with Crippen LogP contribution >= 0.6 is 11.8 Å². The normalized spacial score (nSPS) is 15.4. The summed E-state index contributed by atoms with van der Waals surface area (Å²) in [6, 6.07) is 6.00. The summed E-state index contributed by atoms with van der Waals surface area (Å²) in [6.07, 6.45) is 10.7. The monoisotopic (exact) mass is 371 g/mol. The van der Waals surface area contributed by atoms with Gasteiger partial charge in [-0.05, 0) is 25.0 Å². The summed E-state index contributed by atoms with van der Waals surface area (Å²) in [5.41, 5.74) is 0.761. The van der Waals surface area contributed by atoms with Crippen LogP contribution in [-0.2, 0) is 11.3 Å². The summed E-state index contributed by atoms with van der Waals surface area (Å²) in [5, 5.41) is 12.4. The van der Waals surface area contributed by atoms with Gasteiger partial charge in [0, 0.05) is 18.8 Å². The fourth-order valence-corrected chi connectivity index (χ4v) is 3.96. The molecule has 138 valence electrons.